The molecule has 0 saturated carbocycles. The second-order valence-corrected chi connectivity index (χ2v) is 5.64. The van der Waals surface area contributed by atoms with Gasteiger partial charge in [-0.3, -0.25) is 0 Å². The van der Waals surface area contributed by atoms with Crippen LogP contribution in [-0.2, 0) is 14.6 Å². The molecule has 1 heterocycles. The molecule has 1 aliphatic rings. The molecular formula is C9H13NO3S. The molecule has 0 aromatic rings. The van der Waals surface area contributed by atoms with Gasteiger partial charge in [0, 0.05) is 0 Å². The summed E-state index contributed by atoms with van der Waals surface area (Å²) in [6.07, 6.45) is 6.59. The first-order valence-corrected chi connectivity index (χ1v) is 6.35. The predicted molar refractivity (Wildman–Crippen MR) is 53.5 cm³/mol. The molecule has 1 fully saturated rings. The third-order valence-electron chi connectivity index (χ3n) is 2.22. The van der Waals surface area contributed by atoms with Gasteiger partial charge >= 0.3 is 0 Å². The van der Waals surface area contributed by atoms with Gasteiger partial charge in [-0.1, -0.05) is 12.2 Å². The molecule has 0 spiro atoms. The fourth-order valence-electron chi connectivity index (χ4n) is 1.51. The maximum Gasteiger partial charge on any atom is 0.235 e. The molecule has 4 nitrogen and oxygen atoms in total. The zero-order valence-electron chi connectivity index (χ0n) is 7.85. The van der Waals surface area contributed by atoms with Crippen LogP contribution >= 0.6 is 0 Å². The average molecular weight is 215 g/mol. The van der Waals surface area contributed by atoms with Gasteiger partial charge in [0.15, 0.2) is 9.84 Å². The summed E-state index contributed by atoms with van der Waals surface area (Å²) in [6, 6.07) is 0. The van der Waals surface area contributed by atoms with Crippen LogP contribution in [0.2, 0.25) is 0 Å². The van der Waals surface area contributed by atoms with Crippen LogP contribution in [0.15, 0.2) is 17.1 Å². The SMILES string of the molecule is O=C=NC/C=C\CC1CCS(=O)(=O)C1. The number of isocyanates is 1. The molecule has 0 N–H and O–H groups in total. The van der Waals surface area contributed by atoms with Crippen molar-refractivity contribution in [3.05, 3.63) is 12.2 Å². The van der Waals surface area contributed by atoms with E-state index in [4.69, 9.17) is 0 Å². The van der Waals surface area contributed by atoms with E-state index in [1.54, 1.807) is 6.08 Å². The summed E-state index contributed by atoms with van der Waals surface area (Å²) < 4.78 is 22.2. The van der Waals surface area contributed by atoms with Gasteiger partial charge in [-0.2, -0.15) is 0 Å². The van der Waals surface area contributed by atoms with Crippen molar-refractivity contribution in [2.24, 2.45) is 10.9 Å². The quantitative estimate of drug-likeness (QED) is 0.394. The number of rotatable bonds is 4. The number of sulfone groups is 1. The normalized spacial score (nSPS) is 25.0. The van der Waals surface area contributed by atoms with Crippen LogP contribution in [0.5, 0.6) is 0 Å². The molecule has 0 amide bonds. The molecule has 1 rings (SSSR count). The Labute approximate surface area is 83.6 Å². The minimum atomic E-state index is -2.76. The minimum Gasteiger partial charge on any atom is -0.229 e. The van der Waals surface area contributed by atoms with Gasteiger partial charge < -0.3 is 0 Å². The van der Waals surface area contributed by atoms with Gasteiger partial charge in [0.1, 0.15) is 0 Å². The van der Waals surface area contributed by atoms with Gasteiger partial charge in [0.2, 0.25) is 6.08 Å². The van der Waals surface area contributed by atoms with E-state index in [0.717, 1.165) is 12.8 Å². The number of hydrogen-bond donors (Lipinski definition) is 0. The molecule has 0 aromatic heterocycles. The molecule has 1 unspecified atom stereocenters. The Balaban J connectivity index is 2.27. The van der Waals surface area contributed by atoms with Crippen LogP contribution in [0.4, 0.5) is 0 Å². The molecule has 14 heavy (non-hydrogen) atoms. The van der Waals surface area contributed by atoms with Gasteiger partial charge in [0.05, 0.1) is 18.1 Å². The third-order valence-corrected chi connectivity index (χ3v) is 4.06. The lowest BCUT2D eigenvalue weighted by Crippen LogP contribution is -2.03. The highest BCUT2D eigenvalue weighted by Crippen LogP contribution is 2.21. The van der Waals surface area contributed by atoms with Crippen molar-refractivity contribution >= 4 is 15.9 Å². The molecule has 0 aromatic carbocycles. The first kappa shape index (κ1) is 11.1. The lowest BCUT2D eigenvalue weighted by Gasteiger charge is -2.00. The van der Waals surface area contributed by atoms with Crippen molar-refractivity contribution in [3.8, 4) is 0 Å². The van der Waals surface area contributed by atoms with E-state index in [9.17, 15) is 13.2 Å². The van der Waals surface area contributed by atoms with Crippen molar-refractivity contribution in [2.45, 2.75) is 12.8 Å². The van der Waals surface area contributed by atoms with Crippen LogP contribution in [0, 0.1) is 5.92 Å². The second kappa shape index (κ2) is 5.08. The van der Waals surface area contributed by atoms with Crippen molar-refractivity contribution in [3.63, 3.8) is 0 Å². The van der Waals surface area contributed by atoms with Crippen molar-refractivity contribution in [1.82, 2.24) is 0 Å². The van der Waals surface area contributed by atoms with Crippen molar-refractivity contribution in [1.29, 1.82) is 0 Å². The standard InChI is InChI=1S/C9H13NO3S/c11-8-10-5-2-1-3-9-4-6-14(12,13)7-9/h1-2,9H,3-7H2/b2-1-. The van der Waals surface area contributed by atoms with E-state index in [1.165, 1.54) is 6.08 Å². The van der Waals surface area contributed by atoms with Gasteiger partial charge in [0.25, 0.3) is 0 Å². The van der Waals surface area contributed by atoms with E-state index in [0.29, 0.717) is 18.1 Å². The summed E-state index contributed by atoms with van der Waals surface area (Å²) in [5.41, 5.74) is 0. The summed E-state index contributed by atoms with van der Waals surface area (Å²) in [5, 5.41) is 0. The molecule has 0 aliphatic carbocycles. The zero-order chi connectivity index (χ0) is 10.4. The van der Waals surface area contributed by atoms with Crippen LogP contribution in [0.1, 0.15) is 12.8 Å². The van der Waals surface area contributed by atoms with Crippen LogP contribution in [-0.4, -0.2) is 32.5 Å². The van der Waals surface area contributed by atoms with E-state index >= 15 is 0 Å². The smallest absolute Gasteiger partial charge is 0.229 e. The lowest BCUT2D eigenvalue weighted by atomic mass is 10.1. The first-order chi connectivity index (χ1) is 6.64. The van der Waals surface area contributed by atoms with Crippen LogP contribution in [0.25, 0.3) is 0 Å². The van der Waals surface area contributed by atoms with Crippen molar-refractivity contribution in [2.75, 3.05) is 18.1 Å². The van der Waals surface area contributed by atoms with E-state index in [-0.39, 0.29) is 5.92 Å². The summed E-state index contributed by atoms with van der Waals surface area (Å²) in [7, 11) is -2.76. The fourth-order valence-corrected chi connectivity index (χ4v) is 3.39. The van der Waals surface area contributed by atoms with E-state index in [1.807, 2.05) is 6.08 Å². The number of allylic oxidation sites excluding steroid dienone is 1. The maximum atomic E-state index is 11.1. The molecular weight excluding hydrogens is 202 g/mol. The highest BCUT2D eigenvalue weighted by atomic mass is 32.2. The lowest BCUT2D eigenvalue weighted by molar-refractivity contribution is 0.564. The average Bonchev–Trinajstić information content (AvgIpc) is 2.45. The Hall–Kier alpha value is -0.930. The van der Waals surface area contributed by atoms with Gasteiger partial charge in [-0.05, 0) is 18.8 Å². The van der Waals surface area contributed by atoms with E-state index < -0.39 is 9.84 Å². The first-order valence-electron chi connectivity index (χ1n) is 4.53. The summed E-state index contributed by atoms with van der Waals surface area (Å²) in [6.45, 7) is 0.336. The van der Waals surface area contributed by atoms with E-state index in [2.05, 4.69) is 4.99 Å². The molecule has 0 radical (unpaired) electrons. The van der Waals surface area contributed by atoms with Gasteiger partial charge in [-0.15, -0.1) is 0 Å². The van der Waals surface area contributed by atoms with Crippen LogP contribution in [0.3, 0.4) is 0 Å². The predicted octanol–water partition coefficient (Wildman–Crippen LogP) is 0.703. The maximum absolute atomic E-state index is 11.1. The number of carbonyl (C=O) groups excluding carboxylic acids is 1. The van der Waals surface area contributed by atoms with Gasteiger partial charge in [-0.25, -0.2) is 18.2 Å². The summed E-state index contributed by atoms with van der Waals surface area (Å²) in [4.78, 5) is 13.1. The number of hydrogen-bond acceptors (Lipinski definition) is 4. The Bertz CT molecular complexity index is 352. The second-order valence-electron chi connectivity index (χ2n) is 3.41. The Kier molecular flexibility index (Phi) is 4.04. The summed E-state index contributed by atoms with van der Waals surface area (Å²) >= 11 is 0. The highest BCUT2D eigenvalue weighted by Gasteiger charge is 2.26. The monoisotopic (exact) mass is 215 g/mol. The van der Waals surface area contributed by atoms with Crippen molar-refractivity contribution < 1.29 is 13.2 Å². The molecule has 1 saturated heterocycles. The Morgan fingerprint density at radius 3 is 2.79 bits per heavy atom. The fraction of sp³-hybridized carbons (Fsp3) is 0.667. The molecule has 1 atom stereocenters. The number of aliphatic imine (C=N–C) groups is 1. The topological polar surface area (TPSA) is 63.6 Å². The minimum absolute atomic E-state index is 0.247. The molecule has 5 heteroatoms. The Morgan fingerprint density at radius 2 is 2.21 bits per heavy atom. The number of nitrogens with zero attached hydrogens (tertiary/aromatic N) is 1. The summed E-state index contributed by atoms with van der Waals surface area (Å²) in [5.74, 6) is 0.864. The zero-order valence-corrected chi connectivity index (χ0v) is 8.66. The molecule has 78 valence electrons. The third kappa shape index (κ3) is 3.85. The largest absolute Gasteiger partial charge is 0.235 e. The highest BCUT2D eigenvalue weighted by molar-refractivity contribution is 7.91. The molecule has 1 aliphatic heterocycles. The Morgan fingerprint density at radius 1 is 1.43 bits per heavy atom. The molecule has 0 bridgehead atoms. The van der Waals surface area contributed by atoms with Crippen LogP contribution < -0.4 is 0 Å².